The summed E-state index contributed by atoms with van der Waals surface area (Å²) in [6, 6.07) is 2.89. The highest BCUT2D eigenvalue weighted by Gasteiger charge is 2.29. The monoisotopic (exact) mass is 318 g/mol. The Morgan fingerprint density at radius 1 is 1.00 bits per heavy atom. The Morgan fingerprint density at radius 2 is 1.77 bits per heavy atom. The maximum atomic E-state index is 12.7. The smallest absolute Gasteiger partial charge is 0.263 e. The molecule has 2 fully saturated rings. The molecule has 1 amide bonds. The summed E-state index contributed by atoms with van der Waals surface area (Å²) in [6.07, 6.45) is 10.1. The van der Waals surface area contributed by atoms with Gasteiger partial charge >= 0.3 is 0 Å². The van der Waals surface area contributed by atoms with Crippen molar-refractivity contribution in [2.75, 3.05) is 26.2 Å². The number of piperidine rings is 2. The first-order chi connectivity index (χ1) is 10.8. The first-order valence-electron chi connectivity index (χ1n) is 8.96. The van der Waals surface area contributed by atoms with Crippen molar-refractivity contribution < 1.29 is 4.79 Å². The van der Waals surface area contributed by atoms with Crippen LogP contribution in [0.2, 0.25) is 0 Å². The van der Waals surface area contributed by atoms with Gasteiger partial charge in [-0.05, 0) is 69.7 Å². The average molecular weight is 318 g/mol. The van der Waals surface area contributed by atoms with E-state index < -0.39 is 0 Å². The molecule has 0 atom stereocenters. The number of carbonyl (C=O) groups excluding carboxylic acids is 1. The van der Waals surface area contributed by atoms with Gasteiger partial charge in [-0.1, -0.05) is 6.42 Å². The molecule has 2 aliphatic heterocycles. The van der Waals surface area contributed by atoms with Crippen LogP contribution in [0.5, 0.6) is 0 Å². The third kappa shape index (κ3) is 2.83. The predicted octanol–water partition coefficient (Wildman–Crippen LogP) is 3.33. The minimum absolute atomic E-state index is 0.288. The Kier molecular flexibility index (Phi) is 4.23. The molecule has 1 aliphatic carbocycles. The van der Waals surface area contributed by atoms with E-state index >= 15 is 0 Å². The number of aryl methyl sites for hydroxylation is 2. The number of fused-ring (bicyclic) bond motifs is 1. The van der Waals surface area contributed by atoms with Crippen molar-refractivity contribution in [2.45, 2.75) is 57.4 Å². The molecule has 3 aliphatic rings. The molecular weight excluding hydrogens is 292 g/mol. The number of carbonyl (C=O) groups is 1. The number of thiophene rings is 1. The van der Waals surface area contributed by atoms with Crippen LogP contribution in [-0.4, -0.2) is 47.9 Å². The summed E-state index contributed by atoms with van der Waals surface area (Å²) in [6.45, 7) is 4.44. The standard InChI is InChI=1S/C18H26N2OS/c21-18(17-13-14-5-4-6-16(14)22-17)20-11-7-15(8-12-20)19-9-2-1-3-10-19/h13,15H,1-12H2. The molecule has 1 aromatic rings. The van der Waals surface area contributed by atoms with Gasteiger partial charge in [0.15, 0.2) is 0 Å². The molecule has 0 spiro atoms. The molecule has 3 heterocycles. The molecule has 0 saturated carbocycles. The van der Waals surface area contributed by atoms with Crippen LogP contribution < -0.4 is 0 Å². The first-order valence-corrected chi connectivity index (χ1v) is 9.78. The SMILES string of the molecule is O=C(c1cc2c(s1)CCC2)N1CCC(N2CCCCC2)CC1. The van der Waals surface area contributed by atoms with Gasteiger partial charge in [0.25, 0.3) is 5.91 Å². The Hall–Kier alpha value is -0.870. The summed E-state index contributed by atoms with van der Waals surface area (Å²) in [5.41, 5.74) is 1.44. The zero-order valence-electron chi connectivity index (χ0n) is 13.4. The highest BCUT2D eigenvalue weighted by molar-refractivity contribution is 7.14. The topological polar surface area (TPSA) is 23.6 Å². The Labute approximate surface area is 137 Å². The van der Waals surface area contributed by atoms with Crippen LogP contribution >= 0.6 is 11.3 Å². The van der Waals surface area contributed by atoms with Crippen molar-refractivity contribution >= 4 is 17.2 Å². The Balaban J connectivity index is 1.35. The van der Waals surface area contributed by atoms with Crippen LogP contribution in [0.15, 0.2) is 6.07 Å². The maximum absolute atomic E-state index is 12.7. The minimum Gasteiger partial charge on any atom is -0.338 e. The van der Waals surface area contributed by atoms with Gasteiger partial charge in [-0.15, -0.1) is 11.3 Å². The molecule has 0 N–H and O–H groups in total. The predicted molar refractivity (Wildman–Crippen MR) is 90.7 cm³/mol. The van der Waals surface area contributed by atoms with Crippen molar-refractivity contribution in [3.05, 3.63) is 21.4 Å². The third-order valence-electron chi connectivity index (χ3n) is 5.62. The maximum Gasteiger partial charge on any atom is 0.263 e. The molecule has 120 valence electrons. The van der Waals surface area contributed by atoms with Crippen LogP contribution in [0.3, 0.4) is 0 Å². The zero-order valence-corrected chi connectivity index (χ0v) is 14.2. The zero-order chi connectivity index (χ0) is 14.9. The molecule has 22 heavy (non-hydrogen) atoms. The van der Waals surface area contributed by atoms with E-state index in [0.717, 1.165) is 36.9 Å². The highest BCUT2D eigenvalue weighted by atomic mass is 32.1. The molecule has 4 rings (SSSR count). The summed E-state index contributed by atoms with van der Waals surface area (Å²) < 4.78 is 0. The molecule has 2 saturated heterocycles. The fourth-order valence-electron chi connectivity index (χ4n) is 4.31. The summed E-state index contributed by atoms with van der Waals surface area (Å²) in [5, 5.41) is 0. The molecule has 0 bridgehead atoms. The van der Waals surface area contributed by atoms with Gasteiger partial charge in [-0.3, -0.25) is 4.79 Å². The number of amides is 1. The number of rotatable bonds is 2. The van der Waals surface area contributed by atoms with Crippen molar-refractivity contribution in [1.29, 1.82) is 0 Å². The number of nitrogens with zero attached hydrogens (tertiary/aromatic N) is 2. The molecule has 0 aromatic carbocycles. The van der Waals surface area contributed by atoms with Crippen molar-refractivity contribution in [3.8, 4) is 0 Å². The second-order valence-corrected chi connectivity index (χ2v) is 8.17. The molecule has 1 aromatic heterocycles. The van der Waals surface area contributed by atoms with E-state index in [9.17, 15) is 4.79 Å². The van der Waals surface area contributed by atoms with Crippen molar-refractivity contribution in [1.82, 2.24) is 9.80 Å². The van der Waals surface area contributed by atoms with Crippen LogP contribution in [0.1, 0.15) is 58.6 Å². The van der Waals surface area contributed by atoms with E-state index in [1.165, 1.54) is 62.1 Å². The van der Waals surface area contributed by atoms with Gasteiger partial charge in [0.2, 0.25) is 0 Å². The summed E-state index contributed by atoms with van der Waals surface area (Å²) in [7, 11) is 0. The van der Waals surface area contributed by atoms with Crippen LogP contribution in [0.25, 0.3) is 0 Å². The van der Waals surface area contributed by atoms with E-state index in [-0.39, 0.29) is 5.91 Å². The van der Waals surface area contributed by atoms with E-state index in [1.807, 2.05) is 0 Å². The van der Waals surface area contributed by atoms with E-state index in [4.69, 9.17) is 0 Å². The Bertz CT molecular complexity index is 518. The number of likely N-dealkylation sites (tertiary alicyclic amines) is 2. The number of hydrogen-bond acceptors (Lipinski definition) is 3. The lowest BCUT2D eigenvalue weighted by atomic mass is 10.00. The van der Waals surface area contributed by atoms with Crippen molar-refractivity contribution in [3.63, 3.8) is 0 Å². The minimum atomic E-state index is 0.288. The van der Waals surface area contributed by atoms with Crippen LogP contribution in [0, 0.1) is 0 Å². The third-order valence-corrected chi connectivity index (χ3v) is 6.84. The van der Waals surface area contributed by atoms with Crippen molar-refractivity contribution in [2.24, 2.45) is 0 Å². The van der Waals surface area contributed by atoms with E-state index in [2.05, 4.69) is 15.9 Å². The normalized spacial score (nSPS) is 23.7. The van der Waals surface area contributed by atoms with Gasteiger partial charge in [0.1, 0.15) is 0 Å². The summed E-state index contributed by atoms with van der Waals surface area (Å²) in [4.78, 5) is 19.9. The average Bonchev–Trinajstić information content (AvgIpc) is 3.17. The van der Waals surface area contributed by atoms with E-state index in [1.54, 1.807) is 11.3 Å². The van der Waals surface area contributed by atoms with Gasteiger partial charge in [0, 0.05) is 24.0 Å². The fraction of sp³-hybridized carbons (Fsp3) is 0.722. The first kappa shape index (κ1) is 14.7. The van der Waals surface area contributed by atoms with Gasteiger partial charge in [-0.25, -0.2) is 0 Å². The van der Waals surface area contributed by atoms with Crippen LogP contribution in [0.4, 0.5) is 0 Å². The lowest BCUT2D eigenvalue weighted by Crippen LogP contribution is -2.48. The van der Waals surface area contributed by atoms with Crippen LogP contribution in [-0.2, 0) is 12.8 Å². The van der Waals surface area contributed by atoms with Gasteiger partial charge in [-0.2, -0.15) is 0 Å². The molecule has 0 radical (unpaired) electrons. The highest BCUT2D eigenvalue weighted by Crippen LogP contribution is 2.32. The van der Waals surface area contributed by atoms with Gasteiger partial charge in [0.05, 0.1) is 4.88 Å². The molecule has 0 unspecified atom stereocenters. The second-order valence-electron chi connectivity index (χ2n) is 7.03. The molecule has 4 heteroatoms. The molecular formula is C18H26N2OS. The summed E-state index contributed by atoms with van der Waals surface area (Å²) in [5.74, 6) is 0.288. The second kappa shape index (κ2) is 6.32. The largest absolute Gasteiger partial charge is 0.338 e. The molecule has 3 nitrogen and oxygen atoms in total. The fourth-order valence-corrected chi connectivity index (χ4v) is 5.53. The lowest BCUT2D eigenvalue weighted by molar-refractivity contribution is 0.0594. The quantitative estimate of drug-likeness (QED) is 0.835. The van der Waals surface area contributed by atoms with Gasteiger partial charge < -0.3 is 9.80 Å². The van der Waals surface area contributed by atoms with E-state index in [0.29, 0.717) is 0 Å². The summed E-state index contributed by atoms with van der Waals surface area (Å²) >= 11 is 1.75. The Morgan fingerprint density at radius 3 is 2.50 bits per heavy atom. The lowest BCUT2D eigenvalue weighted by Gasteiger charge is -2.40. The number of hydrogen-bond donors (Lipinski definition) is 0.